The second kappa shape index (κ2) is 7.12. The standard InChI is InChI=1S/C19H19F3N2O4S/c1-18(26,19(20,21)22)12-3-5-13(6-4-12)24-17(25)16-15-8-7-14(29(2,27)28)9-11(15)10-23-16/h3-9,16,23,26H,10H2,1-2H3,(H,24,25)/t16-,18?/m1/s1. The molecule has 1 heterocycles. The van der Waals surface area contributed by atoms with Gasteiger partial charge in [0.25, 0.3) is 0 Å². The van der Waals surface area contributed by atoms with Gasteiger partial charge in [-0.1, -0.05) is 18.2 Å². The summed E-state index contributed by atoms with van der Waals surface area (Å²) in [5.74, 6) is -0.439. The van der Waals surface area contributed by atoms with E-state index in [4.69, 9.17) is 0 Å². The van der Waals surface area contributed by atoms with Crippen LogP contribution in [0.15, 0.2) is 47.4 Å². The van der Waals surface area contributed by atoms with Crippen molar-refractivity contribution in [3.63, 3.8) is 0 Å². The summed E-state index contributed by atoms with van der Waals surface area (Å²) in [4.78, 5) is 12.7. The monoisotopic (exact) mass is 428 g/mol. The molecule has 0 fully saturated rings. The average Bonchev–Trinajstić information content (AvgIpc) is 3.04. The van der Waals surface area contributed by atoms with Gasteiger partial charge in [-0.25, -0.2) is 8.42 Å². The molecule has 1 unspecified atom stereocenters. The highest BCUT2D eigenvalue weighted by atomic mass is 32.2. The number of aliphatic hydroxyl groups is 1. The predicted molar refractivity (Wildman–Crippen MR) is 99.8 cm³/mol. The van der Waals surface area contributed by atoms with Gasteiger partial charge in [0.15, 0.2) is 15.4 Å². The van der Waals surface area contributed by atoms with Crippen molar-refractivity contribution in [2.24, 2.45) is 0 Å². The third-order valence-corrected chi connectivity index (χ3v) is 5.99. The number of halogens is 3. The maximum atomic E-state index is 12.9. The van der Waals surface area contributed by atoms with Crippen LogP contribution in [-0.2, 0) is 26.8 Å². The normalized spacial score (nSPS) is 18.8. The van der Waals surface area contributed by atoms with Crippen LogP contribution in [0.25, 0.3) is 0 Å². The molecule has 2 aromatic rings. The molecule has 0 spiro atoms. The van der Waals surface area contributed by atoms with Crippen LogP contribution >= 0.6 is 0 Å². The molecule has 3 rings (SSSR count). The lowest BCUT2D eigenvalue weighted by atomic mass is 9.95. The van der Waals surface area contributed by atoms with E-state index in [2.05, 4.69) is 10.6 Å². The molecular weight excluding hydrogens is 409 g/mol. The number of nitrogens with one attached hydrogen (secondary N) is 2. The first-order valence-electron chi connectivity index (χ1n) is 8.57. The Balaban J connectivity index is 1.76. The molecule has 0 bridgehead atoms. The summed E-state index contributed by atoms with van der Waals surface area (Å²) in [6.45, 7) is 0.967. The number of anilines is 1. The van der Waals surface area contributed by atoms with Crippen molar-refractivity contribution in [3.05, 3.63) is 59.2 Å². The van der Waals surface area contributed by atoms with Gasteiger partial charge >= 0.3 is 6.18 Å². The summed E-state index contributed by atoms with van der Waals surface area (Å²) in [6, 6.07) is 8.52. The second-order valence-electron chi connectivity index (χ2n) is 7.08. The van der Waals surface area contributed by atoms with Gasteiger partial charge in [-0.3, -0.25) is 10.1 Å². The predicted octanol–water partition coefficient (Wildman–Crippen LogP) is 2.64. The number of rotatable bonds is 4. The highest BCUT2D eigenvalue weighted by Gasteiger charge is 2.51. The van der Waals surface area contributed by atoms with Gasteiger partial charge in [0.05, 0.1) is 4.90 Å². The summed E-state index contributed by atoms with van der Waals surface area (Å²) in [5.41, 5.74) is -1.77. The fourth-order valence-corrected chi connectivity index (χ4v) is 3.73. The Morgan fingerprint density at radius 3 is 2.34 bits per heavy atom. The molecule has 0 aliphatic carbocycles. The first kappa shape index (κ1) is 21.3. The molecule has 0 radical (unpaired) electrons. The van der Waals surface area contributed by atoms with Gasteiger partial charge in [0, 0.05) is 18.5 Å². The highest BCUT2D eigenvalue weighted by molar-refractivity contribution is 7.90. The van der Waals surface area contributed by atoms with E-state index in [1.54, 1.807) is 6.07 Å². The van der Waals surface area contributed by atoms with Crippen LogP contribution in [0.1, 0.15) is 29.7 Å². The molecule has 6 nitrogen and oxygen atoms in total. The molecule has 0 saturated heterocycles. The fourth-order valence-electron chi connectivity index (χ4n) is 3.06. The fraction of sp³-hybridized carbons (Fsp3) is 0.316. The van der Waals surface area contributed by atoms with Crippen molar-refractivity contribution in [1.82, 2.24) is 5.32 Å². The number of alkyl halides is 3. The Morgan fingerprint density at radius 2 is 1.79 bits per heavy atom. The van der Waals surface area contributed by atoms with Gasteiger partial charge in [0.1, 0.15) is 6.04 Å². The van der Waals surface area contributed by atoms with E-state index < -0.39 is 33.6 Å². The third kappa shape index (κ3) is 4.14. The first-order chi connectivity index (χ1) is 13.3. The van der Waals surface area contributed by atoms with Crippen molar-refractivity contribution >= 4 is 21.4 Å². The van der Waals surface area contributed by atoms with Crippen molar-refractivity contribution in [3.8, 4) is 0 Å². The molecule has 3 N–H and O–H groups in total. The molecule has 2 aromatic carbocycles. The largest absolute Gasteiger partial charge is 0.421 e. The lowest BCUT2D eigenvalue weighted by Gasteiger charge is -2.26. The van der Waals surface area contributed by atoms with E-state index in [0.717, 1.165) is 18.4 Å². The Kier molecular flexibility index (Phi) is 5.22. The van der Waals surface area contributed by atoms with Gasteiger partial charge in [0.2, 0.25) is 5.91 Å². The quantitative estimate of drug-likeness (QED) is 0.696. The van der Waals surface area contributed by atoms with Crippen LogP contribution in [0.4, 0.5) is 18.9 Å². The molecular formula is C19H19F3N2O4S. The zero-order chi connectivity index (χ0) is 21.6. The molecule has 10 heteroatoms. The van der Waals surface area contributed by atoms with E-state index in [9.17, 15) is 31.5 Å². The lowest BCUT2D eigenvalue weighted by Crippen LogP contribution is -2.39. The maximum absolute atomic E-state index is 12.9. The van der Waals surface area contributed by atoms with Gasteiger partial charge in [-0.05, 0) is 47.9 Å². The van der Waals surface area contributed by atoms with Crippen LogP contribution in [0.2, 0.25) is 0 Å². The Labute approximate surface area is 165 Å². The van der Waals surface area contributed by atoms with Crippen molar-refractivity contribution in [1.29, 1.82) is 0 Å². The number of amides is 1. The minimum absolute atomic E-state index is 0.159. The van der Waals surface area contributed by atoms with E-state index >= 15 is 0 Å². The van der Waals surface area contributed by atoms with Gasteiger partial charge in [-0.2, -0.15) is 13.2 Å². The minimum atomic E-state index is -4.83. The molecule has 0 saturated carbocycles. The zero-order valence-corrected chi connectivity index (χ0v) is 16.4. The second-order valence-corrected chi connectivity index (χ2v) is 9.10. The summed E-state index contributed by atoms with van der Waals surface area (Å²) < 4.78 is 62.1. The Hall–Kier alpha value is -2.43. The SMILES string of the molecule is CC(O)(c1ccc(NC(=O)[C@@H]2NCc3cc(S(C)(=O)=O)ccc32)cc1)C(F)(F)F. The van der Waals surface area contributed by atoms with E-state index in [1.165, 1.54) is 24.3 Å². The number of sulfone groups is 1. The summed E-state index contributed by atoms with van der Waals surface area (Å²) in [6.07, 6.45) is -3.73. The van der Waals surface area contributed by atoms with E-state index in [1.807, 2.05) is 0 Å². The third-order valence-electron chi connectivity index (χ3n) is 4.88. The van der Waals surface area contributed by atoms with Crippen LogP contribution < -0.4 is 10.6 Å². The molecule has 1 aliphatic rings. The molecule has 0 aromatic heterocycles. The van der Waals surface area contributed by atoms with Crippen LogP contribution in [0.5, 0.6) is 0 Å². The number of fused-ring (bicyclic) bond motifs is 1. The maximum Gasteiger partial charge on any atom is 0.421 e. The zero-order valence-electron chi connectivity index (χ0n) is 15.5. The number of carbonyl (C=O) groups is 1. The number of hydrogen-bond donors (Lipinski definition) is 3. The van der Waals surface area contributed by atoms with Crippen molar-refractivity contribution in [2.75, 3.05) is 11.6 Å². The van der Waals surface area contributed by atoms with Crippen LogP contribution in [0, 0.1) is 0 Å². The van der Waals surface area contributed by atoms with E-state index in [-0.39, 0.29) is 16.1 Å². The topological polar surface area (TPSA) is 95.5 Å². The minimum Gasteiger partial charge on any atom is -0.376 e. The first-order valence-corrected chi connectivity index (χ1v) is 10.5. The number of hydrogen-bond acceptors (Lipinski definition) is 5. The summed E-state index contributed by atoms with van der Waals surface area (Å²) in [7, 11) is -3.37. The lowest BCUT2D eigenvalue weighted by molar-refractivity contribution is -0.258. The molecule has 29 heavy (non-hydrogen) atoms. The Morgan fingerprint density at radius 1 is 1.17 bits per heavy atom. The van der Waals surface area contributed by atoms with Crippen LogP contribution in [0.3, 0.4) is 0 Å². The average molecular weight is 428 g/mol. The van der Waals surface area contributed by atoms with Crippen molar-refractivity contribution in [2.45, 2.75) is 36.2 Å². The molecule has 1 amide bonds. The smallest absolute Gasteiger partial charge is 0.376 e. The summed E-state index contributed by atoms with van der Waals surface area (Å²) in [5, 5.41) is 15.3. The Bertz CT molecular complexity index is 1050. The van der Waals surface area contributed by atoms with Crippen molar-refractivity contribution < 1.29 is 31.5 Å². The van der Waals surface area contributed by atoms with E-state index in [0.29, 0.717) is 24.6 Å². The molecule has 156 valence electrons. The van der Waals surface area contributed by atoms with Gasteiger partial charge < -0.3 is 10.4 Å². The number of carbonyl (C=O) groups excluding carboxylic acids is 1. The van der Waals surface area contributed by atoms with Gasteiger partial charge in [-0.15, -0.1) is 0 Å². The number of benzene rings is 2. The summed E-state index contributed by atoms with van der Waals surface area (Å²) >= 11 is 0. The van der Waals surface area contributed by atoms with Crippen LogP contribution in [-0.4, -0.2) is 31.9 Å². The molecule has 1 aliphatic heterocycles. The highest BCUT2D eigenvalue weighted by Crippen LogP contribution is 2.38. The molecule has 2 atom stereocenters.